The first-order chi connectivity index (χ1) is 13.4. The molecule has 0 fully saturated rings. The highest BCUT2D eigenvalue weighted by atomic mass is 32.1. The summed E-state index contributed by atoms with van der Waals surface area (Å²) in [6, 6.07) is 7.83. The molecule has 28 heavy (non-hydrogen) atoms. The third kappa shape index (κ3) is 4.17. The van der Waals surface area contributed by atoms with Crippen LogP contribution in [0, 0.1) is 0 Å². The predicted molar refractivity (Wildman–Crippen MR) is 109 cm³/mol. The van der Waals surface area contributed by atoms with Crippen molar-refractivity contribution in [1.29, 1.82) is 0 Å². The van der Waals surface area contributed by atoms with Crippen LogP contribution in [-0.2, 0) is 16.1 Å². The number of benzene rings is 1. The summed E-state index contributed by atoms with van der Waals surface area (Å²) in [6.07, 6.45) is 2.24. The van der Waals surface area contributed by atoms with Crippen LogP contribution in [0.25, 0.3) is 10.9 Å². The maximum Gasteiger partial charge on any atom is 0.357 e. The summed E-state index contributed by atoms with van der Waals surface area (Å²) in [5.41, 5.74) is 1.31. The number of aromatic nitrogens is 2. The van der Waals surface area contributed by atoms with Gasteiger partial charge in [0, 0.05) is 34.9 Å². The number of rotatable bonds is 7. The Hall–Kier alpha value is -2.87. The molecule has 2 aromatic heterocycles. The van der Waals surface area contributed by atoms with Crippen LogP contribution in [0.5, 0.6) is 5.75 Å². The molecule has 2 heterocycles. The third-order valence-corrected chi connectivity index (χ3v) is 5.63. The number of methoxy groups -OCH3 is 2. The number of carbonyl (C=O) groups excluding carboxylic acids is 2. The molecule has 0 spiro atoms. The van der Waals surface area contributed by atoms with Gasteiger partial charge in [-0.3, -0.25) is 4.79 Å². The number of aryl methyl sites for hydroxylation is 1. The van der Waals surface area contributed by atoms with Crippen LogP contribution in [0.4, 0.5) is 5.13 Å². The van der Waals surface area contributed by atoms with Crippen molar-refractivity contribution in [2.24, 2.45) is 0 Å². The number of nitrogens with zero attached hydrogens (tertiary/aromatic N) is 2. The van der Waals surface area contributed by atoms with Crippen molar-refractivity contribution in [1.82, 2.24) is 9.55 Å². The number of nitrogens with one attached hydrogen (secondary N) is 1. The third-order valence-electron chi connectivity index (χ3n) is 4.36. The van der Waals surface area contributed by atoms with Crippen molar-refractivity contribution in [2.75, 3.05) is 19.5 Å². The number of thiazole rings is 1. The molecule has 8 heteroatoms. The van der Waals surface area contributed by atoms with Gasteiger partial charge < -0.3 is 19.4 Å². The number of esters is 1. The van der Waals surface area contributed by atoms with Crippen LogP contribution >= 0.6 is 11.3 Å². The standard InChI is InChI=1S/C20H23N3O4S/c1-12(2)18-17(19(25)27-4)22-20(28-18)21-16(24)8-10-23-9-7-13-11-14(26-3)5-6-15(13)23/h5-7,9,11-12H,8,10H2,1-4H3,(H,21,22,24). The zero-order chi connectivity index (χ0) is 20.3. The van der Waals surface area contributed by atoms with E-state index in [1.807, 2.05) is 48.9 Å². The zero-order valence-electron chi connectivity index (χ0n) is 16.3. The Bertz CT molecular complexity index is 1010. The summed E-state index contributed by atoms with van der Waals surface area (Å²) >= 11 is 1.31. The fourth-order valence-corrected chi connectivity index (χ4v) is 3.90. The number of hydrogen-bond donors (Lipinski definition) is 1. The van der Waals surface area contributed by atoms with Gasteiger partial charge in [0.05, 0.1) is 14.2 Å². The Morgan fingerprint density at radius 1 is 1.25 bits per heavy atom. The molecule has 0 saturated carbocycles. The van der Waals surface area contributed by atoms with E-state index in [1.54, 1.807) is 7.11 Å². The van der Waals surface area contributed by atoms with Crippen molar-refractivity contribution in [3.63, 3.8) is 0 Å². The summed E-state index contributed by atoms with van der Waals surface area (Å²) in [5, 5.41) is 4.27. The number of fused-ring (bicyclic) bond motifs is 1. The smallest absolute Gasteiger partial charge is 0.357 e. The summed E-state index contributed by atoms with van der Waals surface area (Å²) in [6.45, 7) is 4.48. The number of ether oxygens (including phenoxy) is 2. The van der Waals surface area contributed by atoms with Gasteiger partial charge in [-0.15, -0.1) is 11.3 Å². The number of carbonyl (C=O) groups is 2. The van der Waals surface area contributed by atoms with E-state index in [9.17, 15) is 9.59 Å². The minimum atomic E-state index is -0.491. The Labute approximate surface area is 167 Å². The summed E-state index contributed by atoms with van der Waals surface area (Å²) in [4.78, 5) is 29.3. The average molecular weight is 401 g/mol. The van der Waals surface area contributed by atoms with Crippen LogP contribution in [0.2, 0.25) is 0 Å². The second-order valence-electron chi connectivity index (χ2n) is 6.61. The highest BCUT2D eigenvalue weighted by Crippen LogP contribution is 2.30. The SMILES string of the molecule is COC(=O)c1nc(NC(=O)CCn2ccc3cc(OC)ccc32)sc1C(C)C. The molecule has 1 N–H and O–H groups in total. The monoisotopic (exact) mass is 401 g/mol. The average Bonchev–Trinajstić information content (AvgIpc) is 3.29. The topological polar surface area (TPSA) is 82.5 Å². The lowest BCUT2D eigenvalue weighted by atomic mass is 10.1. The maximum absolute atomic E-state index is 12.4. The predicted octanol–water partition coefficient (Wildman–Crippen LogP) is 4.05. The summed E-state index contributed by atoms with van der Waals surface area (Å²) < 4.78 is 12.0. The fourth-order valence-electron chi connectivity index (χ4n) is 2.92. The van der Waals surface area contributed by atoms with E-state index in [2.05, 4.69) is 10.3 Å². The van der Waals surface area contributed by atoms with Crippen molar-refractivity contribution in [2.45, 2.75) is 32.7 Å². The molecule has 3 aromatic rings. The van der Waals surface area contributed by atoms with Crippen LogP contribution in [0.3, 0.4) is 0 Å². The molecule has 7 nitrogen and oxygen atoms in total. The largest absolute Gasteiger partial charge is 0.497 e. The van der Waals surface area contributed by atoms with Gasteiger partial charge in [-0.1, -0.05) is 13.8 Å². The lowest BCUT2D eigenvalue weighted by Crippen LogP contribution is -2.14. The van der Waals surface area contributed by atoms with E-state index in [-0.39, 0.29) is 17.5 Å². The van der Waals surface area contributed by atoms with Crippen LogP contribution in [0.1, 0.15) is 41.6 Å². The highest BCUT2D eigenvalue weighted by molar-refractivity contribution is 7.16. The quantitative estimate of drug-likeness (QED) is 0.604. The zero-order valence-corrected chi connectivity index (χ0v) is 17.1. The molecule has 0 atom stereocenters. The van der Waals surface area contributed by atoms with E-state index < -0.39 is 5.97 Å². The summed E-state index contributed by atoms with van der Waals surface area (Å²) in [5.74, 6) is 0.264. The normalized spacial score (nSPS) is 11.0. The van der Waals surface area contributed by atoms with Gasteiger partial charge in [0.1, 0.15) is 5.75 Å². The Balaban J connectivity index is 1.67. The molecule has 0 aliphatic carbocycles. The van der Waals surface area contributed by atoms with E-state index in [1.165, 1.54) is 18.4 Å². The molecule has 0 bridgehead atoms. The maximum atomic E-state index is 12.4. The first kappa shape index (κ1) is 19.9. The van der Waals surface area contributed by atoms with E-state index >= 15 is 0 Å². The van der Waals surface area contributed by atoms with Crippen LogP contribution in [-0.4, -0.2) is 35.6 Å². The Kier molecular flexibility index (Phi) is 5.99. The number of amides is 1. The van der Waals surface area contributed by atoms with Gasteiger partial charge in [-0.2, -0.15) is 0 Å². The van der Waals surface area contributed by atoms with Gasteiger partial charge in [-0.05, 0) is 30.2 Å². The molecule has 0 aliphatic rings. The van der Waals surface area contributed by atoms with Crippen molar-refractivity contribution >= 4 is 39.2 Å². The second-order valence-corrected chi connectivity index (χ2v) is 7.64. The van der Waals surface area contributed by atoms with Crippen molar-refractivity contribution in [3.8, 4) is 5.75 Å². The summed E-state index contributed by atoms with van der Waals surface area (Å²) in [7, 11) is 2.96. The first-order valence-electron chi connectivity index (χ1n) is 8.94. The molecule has 0 aliphatic heterocycles. The molecule has 1 aromatic carbocycles. The molecule has 1 amide bonds. The Morgan fingerprint density at radius 2 is 2.04 bits per heavy atom. The van der Waals surface area contributed by atoms with Gasteiger partial charge in [0.15, 0.2) is 10.8 Å². The van der Waals surface area contributed by atoms with Gasteiger partial charge in [0.25, 0.3) is 0 Å². The lowest BCUT2D eigenvalue weighted by molar-refractivity contribution is -0.116. The number of anilines is 1. The van der Waals surface area contributed by atoms with Gasteiger partial charge in [-0.25, -0.2) is 9.78 Å². The van der Waals surface area contributed by atoms with Crippen LogP contribution in [0.15, 0.2) is 30.5 Å². The molecule has 148 valence electrons. The van der Waals surface area contributed by atoms with E-state index in [4.69, 9.17) is 9.47 Å². The minimum Gasteiger partial charge on any atom is -0.497 e. The first-order valence-corrected chi connectivity index (χ1v) is 9.76. The molecule has 3 rings (SSSR count). The van der Waals surface area contributed by atoms with E-state index in [0.29, 0.717) is 18.1 Å². The molecule has 0 radical (unpaired) electrons. The van der Waals surface area contributed by atoms with Crippen LogP contribution < -0.4 is 10.1 Å². The second kappa shape index (κ2) is 8.43. The fraction of sp³-hybridized carbons (Fsp3) is 0.350. The van der Waals surface area contributed by atoms with Gasteiger partial charge >= 0.3 is 5.97 Å². The molecule has 0 unspecified atom stereocenters. The van der Waals surface area contributed by atoms with Gasteiger partial charge in [0.2, 0.25) is 5.91 Å². The molecular formula is C20H23N3O4S. The minimum absolute atomic E-state index is 0.112. The molecular weight excluding hydrogens is 378 g/mol. The number of hydrogen-bond acceptors (Lipinski definition) is 6. The lowest BCUT2D eigenvalue weighted by Gasteiger charge is -2.06. The molecule has 0 saturated heterocycles. The Morgan fingerprint density at radius 3 is 2.71 bits per heavy atom. The van der Waals surface area contributed by atoms with Crippen molar-refractivity contribution in [3.05, 3.63) is 41.0 Å². The van der Waals surface area contributed by atoms with Crippen molar-refractivity contribution < 1.29 is 19.1 Å². The van der Waals surface area contributed by atoms with E-state index in [0.717, 1.165) is 21.5 Å². The highest BCUT2D eigenvalue weighted by Gasteiger charge is 2.21.